The van der Waals surface area contributed by atoms with Gasteiger partial charge in [-0.1, -0.05) is 54.1 Å². The van der Waals surface area contributed by atoms with Gasteiger partial charge in [-0.15, -0.1) is 0 Å². The van der Waals surface area contributed by atoms with E-state index in [-0.39, 0.29) is 12.1 Å². The molecule has 0 spiro atoms. The van der Waals surface area contributed by atoms with Crippen molar-refractivity contribution in [2.45, 2.75) is 37.2 Å². The lowest BCUT2D eigenvalue weighted by atomic mass is 9.93. The SMILES string of the molecule is Cc1ccc(S(=O)(=O)N2c3ccccc3[C@H](Nc3ccccc3)C[C@@H]2C)cc1. The van der Waals surface area contributed by atoms with Gasteiger partial charge >= 0.3 is 0 Å². The third-order valence-electron chi connectivity index (χ3n) is 5.22. The average molecular weight is 393 g/mol. The van der Waals surface area contributed by atoms with E-state index in [1.54, 1.807) is 16.4 Å². The van der Waals surface area contributed by atoms with Crippen molar-refractivity contribution in [2.75, 3.05) is 9.62 Å². The zero-order valence-corrected chi connectivity index (χ0v) is 16.9. The van der Waals surface area contributed by atoms with Crippen LogP contribution in [0.2, 0.25) is 0 Å². The summed E-state index contributed by atoms with van der Waals surface area (Å²) >= 11 is 0. The highest BCUT2D eigenvalue weighted by Gasteiger charge is 2.37. The number of nitrogens with one attached hydrogen (secondary N) is 1. The zero-order valence-electron chi connectivity index (χ0n) is 16.0. The van der Waals surface area contributed by atoms with Crippen molar-refractivity contribution < 1.29 is 8.42 Å². The van der Waals surface area contributed by atoms with Gasteiger partial charge in [0.25, 0.3) is 10.0 Å². The molecule has 0 aromatic heterocycles. The molecule has 1 heterocycles. The number of hydrogen-bond donors (Lipinski definition) is 1. The summed E-state index contributed by atoms with van der Waals surface area (Å²) in [5.41, 5.74) is 3.82. The first-order valence-electron chi connectivity index (χ1n) is 9.48. The van der Waals surface area contributed by atoms with Crippen LogP contribution in [0.15, 0.2) is 83.8 Å². The maximum Gasteiger partial charge on any atom is 0.264 e. The fraction of sp³-hybridized carbons (Fsp3) is 0.217. The molecule has 0 saturated carbocycles. The molecule has 0 unspecified atom stereocenters. The van der Waals surface area contributed by atoms with Gasteiger partial charge in [-0.25, -0.2) is 8.42 Å². The van der Waals surface area contributed by atoms with Crippen LogP contribution in [0.1, 0.15) is 30.5 Å². The molecular formula is C23H24N2O2S. The summed E-state index contributed by atoms with van der Waals surface area (Å²) in [4.78, 5) is 0.328. The van der Waals surface area contributed by atoms with Crippen molar-refractivity contribution in [3.8, 4) is 0 Å². The highest BCUT2D eigenvalue weighted by atomic mass is 32.2. The van der Waals surface area contributed by atoms with E-state index in [2.05, 4.69) is 5.32 Å². The van der Waals surface area contributed by atoms with E-state index in [1.165, 1.54) is 0 Å². The number of fused-ring (bicyclic) bond motifs is 1. The van der Waals surface area contributed by atoms with Crippen LogP contribution in [0.5, 0.6) is 0 Å². The summed E-state index contributed by atoms with van der Waals surface area (Å²) in [6.07, 6.45) is 0.691. The Morgan fingerprint density at radius 3 is 2.25 bits per heavy atom. The Morgan fingerprint density at radius 2 is 1.54 bits per heavy atom. The normalized spacial score (nSPS) is 19.1. The summed E-state index contributed by atoms with van der Waals surface area (Å²) in [6, 6.07) is 24.8. The molecule has 0 saturated heterocycles. The van der Waals surface area contributed by atoms with Gasteiger partial charge in [-0.2, -0.15) is 0 Å². The molecule has 1 N–H and O–H groups in total. The summed E-state index contributed by atoms with van der Waals surface area (Å²) in [7, 11) is -3.63. The van der Waals surface area contributed by atoms with Gasteiger partial charge < -0.3 is 5.32 Å². The number of sulfonamides is 1. The molecule has 0 radical (unpaired) electrons. The van der Waals surface area contributed by atoms with Crippen LogP contribution in [0.3, 0.4) is 0 Å². The number of benzene rings is 3. The van der Waals surface area contributed by atoms with Crippen LogP contribution in [0, 0.1) is 6.92 Å². The van der Waals surface area contributed by atoms with E-state index in [4.69, 9.17) is 0 Å². The minimum Gasteiger partial charge on any atom is -0.378 e. The van der Waals surface area contributed by atoms with Crippen molar-refractivity contribution in [1.82, 2.24) is 0 Å². The number of nitrogens with zero attached hydrogens (tertiary/aromatic N) is 1. The van der Waals surface area contributed by atoms with Crippen molar-refractivity contribution >= 4 is 21.4 Å². The van der Waals surface area contributed by atoms with Crippen LogP contribution in [-0.2, 0) is 10.0 Å². The lowest BCUT2D eigenvalue weighted by Crippen LogP contribution is -2.44. The molecule has 1 aliphatic heterocycles. The van der Waals surface area contributed by atoms with Crippen molar-refractivity contribution in [3.63, 3.8) is 0 Å². The third kappa shape index (κ3) is 3.38. The lowest BCUT2D eigenvalue weighted by Gasteiger charge is -2.40. The van der Waals surface area contributed by atoms with Crippen molar-refractivity contribution in [1.29, 1.82) is 0 Å². The first kappa shape index (κ1) is 18.6. The van der Waals surface area contributed by atoms with Gasteiger partial charge in [-0.3, -0.25) is 4.31 Å². The molecule has 3 aromatic rings. The number of hydrogen-bond acceptors (Lipinski definition) is 3. The van der Waals surface area contributed by atoms with Crippen LogP contribution in [0.4, 0.5) is 11.4 Å². The van der Waals surface area contributed by atoms with Gasteiger partial charge in [-0.05, 0) is 56.2 Å². The summed E-state index contributed by atoms with van der Waals surface area (Å²) < 4.78 is 28.5. The van der Waals surface area contributed by atoms with Gasteiger partial charge in [0.1, 0.15) is 0 Å². The topological polar surface area (TPSA) is 49.4 Å². The molecule has 0 bridgehead atoms. The molecule has 144 valence electrons. The van der Waals surface area contributed by atoms with Gasteiger partial charge in [0.2, 0.25) is 0 Å². The third-order valence-corrected chi connectivity index (χ3v) is 7.16. The summed E-state index contributed by atoms with van der Waals surface area (Å²) in [6.45, 7) is 3.93. The van der Waals surface area contributed by atoms with Crippen LogP contribution < -0.4 is 9.62 Å². The minimum absolute atomic E-state index is 0.0538. The van der Waals surface area contributed by atoms with Gasteiger partial charge in [0.15, 0.2) is 0 Å². The van der Waals surface area contributed by atoms with E-state index in [1.807, 2.05) is 80.6 Å². The standard InChI is InChI=1S/C23H24N2O2S/c1-17-12-14-20(15-13-17)28(26,27)25-18(2)16-22(21-10-6-7-11-23(21)25)24-19-8-4-3-5-9-19/h3-15,18,22,24H,16H2,1-2H3/t18-,22+/m0/s1. The Labute approximate surface area is 166 Å². The molecule has 4 rings (SSSR count). The highest BCUT2D eigenvalue weighted by Crippen LogP contribution is 2.41. The highest BCUT2D eigenvalue weighted by molar-refractivity contribution is 7.92. The van der Waals surface area contributed by atoms with Gasteiger partial charge in [0.05, 0.1) is 16.6 Å². The van der Waals surface area contributed by atoms with E-state index in [9.17, 15) is 8.42 Å². The fourth-order valence-electron chi connectivity index (χ4n) is 3.85. The Hall–Kier alpha value is -2.79. The first-order valence-corrected chi connectivity index (χ1v) is 10.9. The van der Waals surface area contributed by atoms with Crippen LogP contribution in [-0.4, -0.2) is 14.5 Å². The smallest absolute Gasteiger partial charge is 0.264 e. The molecule has 0 amide bonds. The summed E-state index contributed by atoms with van der Waals surface area (Å²) in [5, 5.41) is 3.57. The molecule has 3 aromatic carbocycles. The second-order valence-corrected chi connectivity index (χ2v) is 9.14. The largest absolute Gasteiger partial charge is 0.378 e. The maximum atomic E-state index is 13.4. The molecule has 5 heteroatoms. The Morgan fingerprint density at radius 1 is 0.893 bits per heavy atom. The van der Waals surface area contributed by atoms with Crippen LogP contribution >= 0.6 is 0 Å². The van der Waals surface area contributed by atoms with Crippen LogP contribution in [0.25, 0.3) is 0 Å². The molecule has 0 aliphatic carbocycles. The van der Waals surface area contributed by atoms with Crippen molar-refractivity contribution in [3.05, 3.63) is 90.0 Å². The molecule has 28 heavy (non-hydrogen) atoms. The minimum atomic E-state index is -3.63. The van der Waals surface area contributed by atoms with Crippen molar-refractivity contribution in [2.24, 2.45) is 0 Å². The van der Waals surface area contributed by atoms with E-state index in [0.717, 1.165) is 22.5 Å². The van der Waals surface area contributed by atoms with Gasteiger partial charge in [0, 0.05) is 11.7 Å². The number of para-hydroxylation sites is 2. The van der Waals surface area contributed by atoms with E-state index in [0.29, 0.717) is 11.3 Å². The average Bonchev–Trinajstić information content (AvgIpc) is 2.69. The van der Waals surface area contributed by atoms with E-state index < -0.39 is 10.0 Å². The molecule has 2 atom stereocenters. The maximum absolute atomic E-state index is 13.4. The fourth-order valence-corrected chi connectivity index (χ4v) is 5.54. The second-order valence-electron chi connectivity index (χ2n) is 7.32. The Kier molecular flexibility index (Phi) is 4.85. The predicted octanol–water partition coefficient (Wildman–Crippen LogP) is 5.14. The number of rotatable bonds is 4. The molecule has 0 fully saturated rings. The van der Waals surface area contributed by atoms with E-state index >= 15 is 0 Å². The number of anilines is 2. The Bertz CT molecular complexity index is 1060. The predicted molar refractivity (Wildman–Crippen MR) is 114 cm³/mol. The molecule has 1 aliphatic rings. The molecule has 4 nitrogen and oxygen atoms in total. The summed E-state index contributed by atoms with van der Waals surface area (Å²) in [5.74, 6) is 0. The first-order chi connectivity index (χ1) is 13.5. The lowest BCUT2D eigenvalue weighted by molar-refractivity contribution is 0.537. The molecular weight excluding hydrogens is 368 g/mol. The zero-order chi connectivity index (χ0) is 19.7. The second kappa shape index (κ2) is 7.32. The number of aryl methyl sites for hydroxylation is 1. The quantitative estimate of drug-likeness (QED) is 0.669. The Balaban J connectivity index is 1.75. The monoisotopic (exact) mass is 392 g/mol.